The summed E-state index contributed by atoms with van der Waals surface area (Å²) < 4.78 is 0. The summed E-state index contributed by atoms with van der Waals surface area (Å²) in [5, 5.41) is 8.72. The maximum atomic E-state index is 12.7. The summed E-state index contributed by atoms with van der Waals surface area (Å²) in [5.74, 6) is 2.07. The van der Waals surface area contributed by atoms with Crippen molar-refractivity contribution in [2.75, 3.05) is 30.9 Å². The first kappa shape index (κ1) is 22.1. The molecule has 1 aliphatic carbocycles. The minimum absolute atomic E-state index is 0.0215. The van der Waals surface area contributed by atoms with E-state index >= 15 is 0 Å². The summed E-state index contributed by atoms with van der Waals surface area (Å²) in [7, 11) is 4.01. The zero-order valence-corrected chi connectivity index (χ0v) is 19.7. The molecule has 2 N–H and O–H groups in total. The Morgan fingerprint density at radius 2 is 1.79 bits per heavy atom. The number of nitrogens with zero attached hydrogens (tertiary/aromatic N) is 4. The Hall–Kier alpha value is -3.74. The van der Waals surface area contributed by atoms with Crippen LogP contribution in [0.25, 0.3) is 21.8 Å². The molecule has 1 aliphatic rings. The third-order valence-corrected chi connectivity index (χ3v) is 6.60. The maximum Gasteiger partial charge on any atom is 0.251 e. The van der Waals surface area contributed by atoms with E-state index in [2.05, 4.69) is 21.7 Å². The van der Waals surface area contributed by atoms with Gasteiger partial charge in [-0.3, -0.25) is 9.78 Å². The normalized spacial score (nSPS) is 18.1. The van der Waals surface area contributed by atoms with Crippen LogP contribution in [0.2, 0.25) is 0 Å². The molecule has 0 bridgehead atoms. The first-order valence-corrected chi connectivity index (χ1v) is 11.9. The second-order valence-electron chi connectivity index (χ2n) is 9.27. The molecular weight excluding hydrogens is 424 g/mol. The number of para-hydroxylation sites is 1. The van der Waals surface area contributed by atoms with E-state index < -0.39 is 0 Å². The molecule has 0 spiro atoms. The molecule has 0 unspecified atom stereocenters. The molecule has 1 saturated carbocycles. The van der Waals surface area contributed by atoms with Crippen LogP contribution < -0.4 is 15.5 Å². The van der Waals surface area contributed by atoms with E-state index in [0.717, 1.165) is 53.3 Å². The molecule has 2 aromatic carbocycles. The van der Waals surface area contributed by atoms with Crippen molar-refractivity contribution in [1.29, 1.82) is 0 Å². The van der Waals surface area contributed by atoms with Crippen molar-refractivity contribution in [2.24, 2.45) is 5.92 Å². The predicted octanol–water partition coefficient (Wildman–Crippen LogP) is 4.64. The molecule has 7 nitrogen and oxygen atoms in total. The summed E-state index contributed by atoms with van der Waals surface area (Å²) in [6.45, 7) is 0.702. The number of amides is 1. The van der Waals surface area contributed by atoms with E-state index in [1.165, 1.54) is 0 Å². The Labute approximate surface area is 199 Å². The maximum absolute atomic E-state index is 12.7. The lowest BCUT2D eigenvalue weighted by Crippen LogP contribution is -2.34. The molecule has 5 rings (SSSR count). The summed E-state index contributed by atoms with van der Waals surface area (Å²) in [5.41, 5.74) is 2.53. The molecule has 4 aromatic rings. The van der Waals surface area contributed by atoms with Gasteiger partial charge in [0.1, 0.15) is 5.82 Å². The van der Waals surface area contributed by atoms with E-state index in [-0.39, 0.29) is 5.91 Å². The topological polar surface area (TPSA) is 83.0 Å². The van der Waals surface area contributed by atoms with Crippen molar-refractivity contribution in [3.05, 3.63) is 66.4 Å². The fourth-order valence-electron chi connectivity index (χ4n) is 4.71. The Balaban J connectivity index is 1.15. The van der Waals surface area contributed by atoms with Crippen molar-refractivity contribution < 1.29 is 4.79 Å². The molecule has 1 amide bonds. The van der Waals surface area contributed by atoms with Gasteiger partial charge in [-0.05, 0) is 68.0 Å². The molecule has 2 heterocycles. The van der Waals surface area contributed by atoms with Gasteiger partial charge < -0.3 is 15.5 Å². The third kappa shape index (κ3) is 4.78. The fraction of sp³-hybridized carbons (Fsp3) is 0.333. The van der Waals surface area contributed by atoms with Gasteiger partial charge in [-0.25, -0.2) is 4.98 Å². The monoisotopic (exact) mass is 454 g/mol. The molecule has 0 atom stereocenters. The van der Waals surface area contributed by atoms with Crippen LogP contribution in [0.15, 0.2) is 60.8 Å². The summed E-state index contributed by atoms with van der Waals surface area (Å²) in [6, 6.07) is 18.0. The van der Waals surface area contributed by atoms with Gasteiger partial charge in [0.2, 0.25) is 5.95 Å². The van der Waals surface area contributed by atoms with Crippen molar-refractivity contribution in [1.82, 2.24) is 20.3 Å². The predicted molar refractivity (Wildman–Crippen MR) is 137 cm³/mol. The number of hydrogen-bond acceptors (Lipinski definition) is 6. The van der Waals surface area contributed by atoms with Crippen molar-refractivity contribution in [3.63, 3.8) is 0 Å². The molecule has 1 fully saturated rings. The number of pyridine rings is 1. The van der Waals surface area contributed by atoms with Crippen LogP contribution in [0.5, 0.6) is 0 Å². The molecule has 2 aromatic heterocycles. The fourth-order valence-corrected chi connectivity index (χ4v) is 4.71. The van der Waals surface area contributed by atoms with Crippen LogP contribution in [0.3, 0.4) is 0 Å². The highest BCUT2D eigenvalue weighted by Gasteiger charge is 2.23. The number of hydrogen-bond donors (Lipinski definition) is 2. The average molecular weight is 455 g/mol. The number of benzene rings is 2. The molecule has 7 heteroatoms. The zero-order valence-electron chi connectivity index (χ0n) is 19.7. The van der Waals surface area contributed by atoms with E-state index in [1.54, 1.807) is 6.20 Å². The highest BCUT2D eigenvalue weighted by Crippen LogP contribution is 2.28. The van der Waals surface area contributed by atoms with Crippen LogP contribution in [0, 0.1) is 5.92 Å². The van der Waals surface area contributed by atoms with Gasteiger partial charge in [0.15, 0.2) is 0 Å². The molecule has 174 valence electrons. The number of fused-ring (bicyclic) bond motifs is 2. The van der Waals surface area contributed by atoms with Gasteiger partial charge in [0, 0.05) is 49.2 Å². The van der Waals surface area contributed by atoms with E-state index in [9.17, 15) is 4.79 Å². The Bertz CT molecular complexity index is 1310. The molecule has 0 radical (unpaired) electrons. The van der Waals surface area contributed by atoms with E-state index in [0.29, 0.717) is 30.0 Å². The molecule has 34 heavy (non-hydrogen) atoms. The lowest BCUT2D eigenvalue weighted by atomic mass is 9.86. The molecule has 0 saturated heterocycles. The van der Waals surface area contributed by atoms with Gasteiger partial charge in [0.25, 0.3) is 5.91 Å². The summed E-state index contributed by atoms with van der Waals surface area (Å²) >= 11 is 0. The first-order valence-electron chi connectivity index (χ1n) is 11.9. The Morgan fingerprint density at radius 1 is 0.971 bits per heavy atom. The van der Waals surface area contributed by atoms with Gasteiger partial charge in [-0.15, -0.1) is 0 Å². The van der Waals surface area contributed by atoms with Crippen molar-refractivity contribution in [3.8, 4) is 0 Å². The molecular formula is C27H30N6O. The SMILES string of the molecule is CN(C)c1nc(NC2CCC(CNC(=O)c3ccc4ncccc4c3)CC2)nc2ccccc12. The van der Waals surface area contributed by atoms with Crippen LogP contribution in [0.4, 0.5) is 11.8 Å². The van der Waals surface area contributed by atoms with Crippen LogP contribution >= 0.6 is 0 Å². The zero-order chi connectivity index (χ0) is 23.5. The second-order valence-corrected chi connectivity index (χ2v) is 9.27. The number of anilines is 2. The van der Waals surface area contributed by atoms with Gasteiger partial charge >= 0.3 is 0 Å². The van der Waals surface area contributed by atoms with Crippen LogP contribution in [0.1, 0.15) is 36.0 Å². The van der Waals surface area contributed by atoms with Crippen molar-refractivity contribution >= 4 is 39.5 Å². The highest BCUT2D eigenvalue weighted by atomic mass is 16.1. The quantitative estimate of drug-likeness (QED) is 0.441. The summed E-state index contributed by atoms with van der Waals surface area (Å²) in [4.78, 5) is 28.5. The average Bonchev–Trinajstić information content (AvgIpc) is 2.87. The van der Waals surface area contributed by atoms with Gasteiger partial charge in [-0.2, -0.15) is 4.98 Å². The number of carbonyl (C=O) groups is 1. The number of nitrogens with one attached hydrogen (secondary N) is 2. The smallest absolute Gasteiger partial charge is 0.251 e. The molecule has 0 aliphatic heterocycles. The van der Waals surface area contributed by atoms with Crippen LogP contribution in [-0.4, -0.2) is 47.5 Å². The van der Waals surface area contributed by atoms with E-state index in [1.807, 2.05) is 67.5 Å². The number of rotatable bonds is 6. The van der Waals surface area contributed by atoms with Crippen molar-refractivity contribution in [2.45, 2.75) is 31.7 Å². The number of aromatic nitrogens is 3. The Kier molecular flexibility index (Phi) is 6.25. The van der Waals surface area contributed by atoms with Gasteiger partial charge in [0.05, 0.1) is 11.0 Å². The number of carbonyl (C=O) groups excluding carboxylic acids is 1. The minimum Gasteiger partial charge on any atom is -0.362 e. The lowest BCUT2D eigenvalue weighted by molar-refractivity contribution is 0.0943. The lowest BCUT2D eigenvalue weighted by Gasteiger charge is -2.29. The van der Waals surface area contributed by atoms with Gasteiger partial charge in [-0.1, -0.05) is 18.2 Å². The summed E-state index contributed by atoms with van der Waals surface area (Å²) in [6.07, 6.45) is 5.97. The highest BCUT2D eigenvalue weighted by molar-refractivity contribution is 5.97. The largest absolute Gasteiger partial charge is 0.362 e. The first-order chi connectivity index (χ1) is 16.6. The second kappa shape index (κ2) is 9.63. The van der Waals surface area contributed by atoms with E-state index in [4.69, 9.17) is 9.97 Å². The minimum atomic E-state index is -0.0215. The van der Waals surface area contributed by atoms with Crippen LogP contribution in [-0.2, 0) is 0 Å². The Morgan fingerprint density at radius 3 is 2.62 bits per heavy atom. The third-order valence-electron chi connectivity index (χ3n) is 6.60. The standard InChI is InChI=1S/C27H30N6O/c1-33(2)25-22-7-3-4-8-24(22)31-27(32-25)30-21-12-9-18(10-13-21)17-29-26(34)20-11-14-23-19(16-20)6-5-15-28-23/h3-8,11,14-16,18,21H,9-10,12-13,17H2,1-2H3,(H,29,34)(H,30,31,32).